The van der Waals surface area contributed by atoms with Gasteiger partial charge in [-0.05, 0) is 42.8 Å². The molecule has 0 saturated carbocycles. The molecule has 0 atom stereocenters. The maximum atomic E-state index is 5.59. The lowest BCUT2D eigenvalue weighted by Crippen LogP contribution is -2.14. The maximum absolute atomic E-state index is 5.59. The molecule has 28 heavy (non-hydrogen) atoms. The van der Waals surface area contributed by atoms with E-state index in [1.165, 1.54) is 0 Å². The second-order valence-corrected chi connectivity index (χ2v) is 6.29. The number of aromatic nitrogens is 4. The van der Waals surface area contributed by atoms with Gasteiger partial charge >= 0.3 is 0 Å². The van der Waals surface area contributed by atoms with Crippen molar-refractivity contribution in [2.45, 2.75) is 13.5 Å². The number of nitrogens with zero attached hydrogens (tertiary/aromatic N) is 4. The van der Waals surface area contributed by atoms with E-state index in [1.807, 2.05) is 43.3 Å². The lowest BCUT2D eigenvalue weighted by molar-refractivity contribution is 1.08. The molecule has 3 heterocycles. The molecule has 4 aromatic rings. The van der Waals surface area contributed by atoms with Crippen LogP contribution in [0.3, 0.4) is 0 Å². The Hall–Kier alpha value is -3.78. The van der Waals surface area contributed by atoms with Gasteiger partial charge in [-0.2, -0.15) is 0 Å². The first-order valence-corrected chi connectivity index (χ1v) is 8.82. The molecule has 0 aliphatic rings. The van der Waals surface area contributed by atoms with Crippen molar-refractivity contribution in [2.75, 3.05) is 16.1 Å². The van der Waals surface area contributed by atoms with Crippen LogP contribution in [-0.2, 0) is 6.54 Å². The molecule has 0 unspecified atom stereocenters. The zero-order valence-corrected chi connectivity index (χ0v) is 15.3. The summed E-state index contributed by atoms with van der Waals surface area (Å²) in [6.07, 6.45) is 5.16. The van der Waals surface area contributed by atoms with Gasteiger partial charge in [-0.1, -0.05) is 12.1 Å². The van der Waals surface area contributed by atoms with E-state index in [0.29, 0.717) is 24.0 Å². The molecule has 0 saturated heterocycles. The summed E-state index contributed by atoms with van der Waals surface area (Å²) >= 11 is 0. The van der Waals surface area contributed by atoms with Gasteiger partial charge in [-0.15, -0.1) is 0 Å². The van der Waals surface area contributed by atoms with Crippen molar-refractivity contribution < 1.29 is 0 Å². The number of fused-ring (bicyclic) bond motifs is 1. The quantitative estimate of drug-likeness (QED) is 0.301. The summed E-state index contributed by atoms with van der Waals surface area (Å²) in [5, 5.41) is 7.61. The molecule has 0 bridgehead atoms. The van der Waals surface area contributed by atoms with Gasteiger partial charge in [-0.3, -0.25) is 9.97 Å². The average Bonchev–Trinajstić information content (AvgIpc) is 2.72. The summed E-state index contributed by atoms with van der Waals surface area (Å²) < 4.78 is 0. The van der Waals surface area contributed by atoms with Crippen LogP contribution >= 0.6 is 0 Å². The van der Waals surface area contributed by atoms with Crippen molar-refractivity contribution >= 4 is 34.0 Å². The van der Waals surface area contributed by atoms with Crippen LogP contribution in [0.5, 0.6) is 0 Å². The number of benzene rings is 1. The lowest BCUT2D eigenvalue weighted by Gasteiger charge is -2.13. The second-order valence-electron chi connectivity index (χ2n) is 6.29. The average molecular weight is 372 g/mol. The van der Waals surface area contributed by atoms with Gasteiger partial charge in [0.2, 0.25) is 0 Å². The van der Waals surface area contributed by atoms with Gasteiger partial charge in [0.25, 0.3) is 0 Å². The number of hydrogen-bond acceptors (Lipinski definition) is 8. The zero-order valence-electron chi connectivity index (χ0n) is 15.3. The fourth-order valence-corrected chi connectivity index (χ4v) is 2.87. The van der Waals surface area contributed by atoms with Crippen molar-refractivity contribution in [2.24, 2.45) is 5.84 Å². The van der Waals surface area contributed by atoms with Crippen molar-refractivity contribution in [3.63, 3.8) is 0 Å². The normalized spacial score (nSPS) is 10.6. The number of aryl methyl sites for hydroxylation is 1. The Morgan fingerprint density at radius 2 is 1.89 bits per heavy atom. The SMILES string of the molecule is Cc1cc(Nc2cnc(NN)c(NCc3ccc4ncccc4c3)n2)ccn1. The molecule has 8 heteroatoms. The van der Waals surface area contributed by atoms with E-state index in [1.54, 1.807) is 18.6 Å². The molecule has 0 aliphatic carbocycles. The number of hydrogen-bond donors (Lipinski definition) is 4. The summed E-state index contributed by atoms with van der Waals surface area (Å²) in [4.78, 5) is 17.4. The fraction of sp³-hybridized carbons (Fsp3) is 0.100. The molecule has 8 nitrogen and oxygen atoms in total. The summed E-state index contributed by atoms with van der Waals surface area (Å²) in [5.74, 6) is 7.22. The lowest BCUT2D eigenvalue weighted by atomic mass is 10.1. The number of nitrogen functional groups attached to an aromatic ring is 1. The van der Waals surface area contributed by atoms with Crippen LogP contribution in [0.2, 0.25) is 0 Å². The molecule has 0 aliphatic heterocycles. The predicted molar refractivity (Wildman–Crippen MR) is 111 cm³/mol. The van der Waals surface area contributed by atoms with Gasteiger partial charge in [0, 0.05) is 35.7 Å². The van der Waals surface area contributed by atoms with E-state index in [9.17, 15) is 0 Å². The van der Waals surface area contributed by atoms with Crippen molar-refractivity contribution in [1.29, 1.82) is 0 Å². The van der Waals surface area contributed by atoms with Crippen LogP contribution < -0.4 is 21.9 Å². The van der Waals surface area contributed by atoms with Gasteiger partial charge < -0.3 is 16.1 Å². The van der Waals surface area contributed by atoms with Crippen molar-refractivity contribution in [3.05, 3.63) is 72.3 Å². The van der Waals surface area contributed by atoms with Crippen LogP contribution in [0.15, 0.2) is 61.1 Å². The first kappa shape index (κ1) is 17.6. The van der Waals surface area contributed by atoms with Crippen molar-refractivity contribution in [1.82, 2.24) is 19.9 Å². The molecule has 0 radical (unpaired) electrons. The van der Waals surface area contributed by atoms with E-state index in [-0.39, 0.29) is 0 Å². The summed E-state index contributed by atoms with van der Waals surface area (Å²) in [6.45, 7) is 2.51. The maximum Gasteiger partial charge on any atom is 0.183 e. The highest BCUT2D eigenvalue weighted by Crippen LogP contribution is 2.22. The highest BCUT2D eigenvalue weighted by Gasteiger charge is 2.08. The standard InChI is InChI=1S/C20H20N8/c1-13-9-16(6-8-22-13)26-18-12-25-20(28-21)19(27-18)24-11-14-4-5-17-15(10-14)3-2-7-23-17/h2-10,12H,11,21H2,1H3,(H,25,28)(H2,22,24,26,27). The highest BCUT2D eigenvalue weighted by atomic mass is 15.3. The molecule has 0 spiro atoms. The number of anilines is 4. The van der Waals surface area contributed by atoms with Crippen LogP contribution in [0.25, 0.3) is 10.9 Å². The zero-order chi connectivity index (χ0) is 19.3. The molecule has 0 fully saturated rings. The Bertz CT molecular complexity index is 1110. The fourth-order valence-electron chi connectivity index (χ4n) is 2.87. The third kappa shape index (κ3) is 3.97. The molecular formula is C20H20N8. The Morgan fingerprint density at radius 1 is 0.964 bits per heavy atom. The first-order valence-electron chi connectivity index (χ1n) is 8.82. The smallest absolute Gasteiger partial charge is 0.183 e. The summed E-state index contributed by atoms with van der Waals surface area (Å²) in [7, 11) is 0. The predicted octanol–water partition coefficient (Wildman–Crippen LogP) is 3.37. The molecular weight excluding hydrogens is 352 g/mol. The monoisotopic (exact) mass is 372 g/mol. The number of hydrazine groups is 1. The van der Waals surface area contributed by atoms with Crippen LogP contribution in [-0.4, -0.2) is 19.9 Å². The highest BCUT2D eigenvalue weighted by molar-refractivity contribution is 5.79. The molecule has 0 amide bonds. The number of rotatable bonds is 6. The van der Waals surface area contributed by atoms with Crippen LogP contribution in [0.4, 0.5) is 23.1 Å². The Morgan fingerprint density at radius 3 is 2.75 bits per heavy atom. The van der Waals surface area contributed by atoms with Crippen LogP contribution in [0, 0.1) is 6.92 Å². The minimum Gasteiger partial charge on any atom is -0.363 e. The van der Waals surface area contributed by atoms with E-state index in [4.69, 9.17) is 5.84 Å². The molecule has 140 valence electrons. The third-order valence-corrected chi connectivity index (χ3v) is 4.21. The molecule has 1 aromatic carbocycles. The largest absolute Gasteiger partial charge is 0.363 e. The van der Waals surface area contributed by atoms with E-state index in [2.05, 4.69) is 42.1 Å². The summed E-state index contributed by atoms with van der Waals surface area (Å²) in [6, 6.07) is 13.9. The van der Waals surface area contributed by atoms with E-state index >= 15 is 0 Å². The minimum absolute atomic E-state index is 0.471. The minimum atomic E-state index is 0.471. The number of nitrogens with one attached hydrogen (secondary N) is 3. The summed E-state index contributed by atoms with van der Waals surface area (Å²) in [5.41, 5.74) is 6.46. The topological polar surface area (TPSA) is 114 Å². The first-order chi connectivity index (χ1) is 13.7. The molecule has 4 rings (SSSR count). The molecule has 5 N–H and O–H groups in total. The second kappa shape index (κ2) is 7.85. The Labute approximate surface area is 162 Å². The molecule has 3 aromatic heterocycles. The number of pyridine rings is 2. The van der Waals surface area contributed by atoms with E-state index in [0.717, 1.165) is 27.8 Å². The van der Waals surface area contributed by atoms with Gasteiger partial charge in [0.15, 0.2) is 17.5 Å². The van der Waals surface area contributed by atoms with E-state index < -0.39 is 0 Å². The van der Waals surface area contributed by atoms with Crippen molar-refractivity contribution in [3.8, 4) is 0 Å². The number of nitrogens with two attached hydrogens (primary N) is 1. The van der Waals surface area contributed by atoms with Gasteiger partial charge in [0.1, 0.15) is 0 Å². The third-order valence-electron chi connectivity index (χ3n) is 4.21. The van der Waals surface area contributed by atoms with Gasteiger partial charge in [-0.25, -0.2) is 15.8 Å². The van der Waals surface area contributed by atoms with Gasteiger partial charge in [0.05, 0.1) is 11.7 Å². The Kier molecular flexibility index (Phi) is 4.94. The Balaban J connectivity index is 1.53. The van der Waals surface area contributed by atoms with Crippen LogP contribution in [0.1, 0.15) is 11.3 Å².